The molecule has 1 aromatic heterocycles. The summed E-state index contributed by atoms with van der Waals surface area (Å²) in [5, 5.41) is 10.2. The third-order valence-electron chi connectivity index (χ3n) is 3.36. The number of anilines is 1. The molecular formula is C15H19ClN4O2S. The number of aromatic nitrogens is 2. The van der Waals surface area contributed by atoms with Crippen molar-refractivity contribution in [2.75, 3.05) is 23.4 Å². The lowest BCUT2D eigenvalue weighted by Crippen LogP contribution is -2.39. The van der Waals surface area contributed by atoms with E-state index in [2.05, 4.69) is 20.8 Å². The molecule has 1 amide bonds. The topological polar surface area (TPSA) is 80.0 Å². The molecule has 124 valence electrons. The van der Waals surface area contributed by atoms with Gasteiger partial charge in [-0.05, 0) is 12.1 Å². The van der Waals surface area contributed by atoms with Gasteiger partial charge in [0.2, 0.25) is 17.6 Å². The Morgan fingerprint density at radius 1 is 1.52 bits per heavy atom. The van der Waals surface area contributed by atoms with Crippen LogP contribution < -0.4 is 10.6 Å². The highest BCUT2D eigenvalue weighted by Crippen LogP contribution is 2.20. The van der Waals surface area contributed by atoms with Gasteiger partial charge < -0.3 is 15.2 Å². The summed E-state index contributed by atoms with van der Waals surface area (Å²) in [6, 6.07) is 7.72. The summed E-state index contributed by atoms with van der Waals surface area (Å²) in [6.07, 6.45) is 0.485. The number of rotatable bonds is 4. The van der Waals surface area contributed by atoms with Gasteiger partial charge in [0.05, 0.1) is 0 Å². The maximum absolute atomic E-state index is 12.1. The fraction of sp³-hybridized carbons (Fsp3) is 0.400. The number of amides is 1. The van der Waals surface area contributed by atoms with Crippen molar-refractivity contribution in [2.45, 2.75) is 19.4 Å². The maximum atomic E-state index is 12.1. The number of aryl methyl sites for hydroxylation is 1. The van der Waals surface area contributed by atoms with Gasteiger partial charge >= 0.3 is 0 Å². The number of carbonyl (C=O) groups excluding carboxylic acids is 1. The van der Waals surface area contributed by atoms with Crippen molar-refractivity contribution in [3.63, 3.8) is 0 Å². The van der Waals surface area contributed by atoms with Crippen LogP contribution >= 0.6 is 24.2 Å². The first-order valence-corrected chi connectivity index (χ1v) is 8.38. The largest absolute Gasteiger partial charge is 0.339 e. The van der Waals surface area contributed by atoms with Gasteiger partial charge in [-0.1, -0.05) is 17.3 Å². The molecule has 0 aliphatic carbocycles. The molecule has 1 aliphatic rings. The molecule has 2 N–H and O–H groups in total. The molecule has 0 spiro atoms. The summed E-state index contributed by atoms with van der Waals surface area (Å²) in [6.45, 7) is 2.71. The monoisotopic (exact) mass is 354 g/mol. The van der Waals surface area contributed by atoms with Crippen LogP contribution in [0, 0.1) is 6.92 Å². The molecule has 23 heavy (non-hydrogen) atoms. The van der Waals surface area contributed by atoms with Gasteiger partial charge in [-0.2, -0.15) is 16.7 Å². The third kappa shape index (κ3) is 4.95. The average molecular weight is 355 g/mol. The Balaban J connectivity index is 0.00000192. The third-order valence-corrected chi connectivity index (χ3v) is 4.49. The minimum absolute atomic E-state index is 0. The highest BCUT2D eigenvalue weighted by Gasteiger charge is 2.17. The number of benzene rings is 1. The summed E-state index contributed by atoms with van der Waals surface area (Å²) in [7, 11) is 0. The van der Waals surface area contributed by atoms with E-state index >= 15 is 0 Å². The molecule has 0 bridgehead atoms. The summed E-state index contributed by atoms with van der Waals surface area (Å²) >= 11 is 1.88. The first kappa shape index (κ1) is 17.8. The number of nitrogens with zero attached hydrogens (tertiary/aromatic N) is 2. The molecule has 0 radical (unpaired) electrons. The van der Waals surface area contributed by atoms with E-state index in [0.29, 0.717) is 18.1 Å². The Kier molecular flexibility index (Phi) is 6.44. The Labute approximate surface area is 145 Å². The normalized spacial score (nSPS) is 17.3. The summed E-state index contributed by atoms with van der Waals surface area (Å²) < 4.78 is 4.98. The first-order chi connectivity index (χ1) is 10.7. The van der Waals surface area contributed by atoms with Crippen LogP contribution in [-0.2, 0) is 4.79 Å². The van der Waals surface area contributed by atoms with E-state index in [-0.39, 0.29) is 24.4 Å². The van der Waals surface area contributed by atoms with Crippen LogP contribution in [-0.4, -0.2) is 40.1 Å². The van der Waals surface area contributed by atoms with Crippen LogP contribution in [0.5, 0.6) is 0 Å². The SMILES string of the molecule is Cc1nc(-c2cccc(NC(=O)CC3CSCCN3)c2)no1.Cl. The lowest BCUT2D eigenvalue weighted by molar-refractivity contribution is -0.116. The zero-order valence-electron chi connectivity index (χ0n) is 12.7. The van der Waals surface area contributed by atoms with Crippen LogP contribution in [0.3, 0.4) is 0 Å². The molecule has 1 saturated heterocycles. The zero-order valence-corrected chi connectivity index (χ0v) is 14.4. The number of thioether (sulfide) groups is 1. The summed E-state index contributed by atoms with van der Waals surface area (Å²) in [5.74, 6) is 3.16. The van der Waals surface area contributed by atoms with E-state index < -0.39 is 0 Å². The van der Waals surface area contributed by atoms with Crippen molar-refractivity contribution in [1.82, 2.24) is 15.5 Å². The smallest absolute Gasteiger partial charge is 0.225 e. The van der Waals surface area contributed by atoms with Gasteiger partial charge in [-0.3, -0.25) is 4.79 Å². The standard InChI is InChI=1S/C15H18N4O2S.ClH/c1-10-17-15(19-21-10)11-3-2-4-12(7-11)18-14(20)8-13-9-22-6-5-16-13;/h2-4,7,13,16H,5-6,8-9H2,1H3,(H,18,20);1H. The van der Waals surface area contributed by atoms with E-state index in [1.807, 2.05) is 36.0 Å². The van der Waals surface area contributed by atoms with Crippen LogP contribution in [0.15, 0.2) is 28.8 Å². The number of nitrogens with one attached hydrogen (secondary N) is 2. The molecule has 1 atom stereocenters. The number of hydrogen-bond donors (Lipinski definition) is 2. The fourth-order valence-electron chi connectivity index (χ4n) is 2.34. The Morgan fingerprint density at radius 3 is 3.09 bits per heavy atom. The second-order valence-electron chi connectivity index (χ2n) is 5.20. The van der Waals surface area contributed by atoms with Crippen molar-refractivity contribution in [2.24, 2.45) is 0 Å². The lowest BCUT2D eigenvalue weighted by Gasteiger charge is -2.22. The molecule has 1 fully saturated rings. The van der Waals surface area contributed by atoms with E-state index in [1.165, 1.54) is 0 Å². The van der Waals surface area contributed by atoms with Crippen LogP contribution in [0.25, 0.3) is 11.4 Å². The molecule has 1 aromatic carbocycles. The zero-order chi connectivity index (χ0) is 15.4. The molecule has 1 aliphatic heterocycles. The van der Waals surface area contributed by atoms with E-state index in [0.717, 1.165) is 29.3 Å². The molecule has 2 heterocycles. The molecule has 0 saturated carbocycles. The fourth-order valence-corrected chi connectivity index (χ4v) is 3.29. The molecule has 3 rings (SSSR count). The quantitative estimate of drug-likeness (QED) is 0.878. The highest BCUT2D eigenvalue weighted by atomic mass is 35.5. The van der Waals surface area contributed by atoms with Crippen LogP contribution in [0.1, 0.15) is 12.3 Å². The Hall–Kier alpha value is -1.57. The predicted molar refractivity (Wildman–Crippen MR) is 94.1 cm³/mol. The van der Waals surface area contributed by atoms with Gasteiger partial charge in [0.1, 0.15) is 0 Å². The number of hydrogen-bond acceptors (Lipinski definition) is 6. The highest BCUT2D eigenvalue weighted by molar-refractivity contribution is 7.99. The van der Waals surface area contributed by atoms with E-state index in [4.69, 9.17) is 4.52 Å². The van der Waals surface area contributed by atoms with Gasteiger partial charge in [-0.25, -0.2) is 0 Å². The number of halogens is 1. The van der Waals surface area contributed by atoms with Gasteiger partial charge in [0, 0.05) is 48.7 Å². The predicted octanol–water partition coefficient (Wildman–Crippen LogP) is 2.50. The van der Waals surface area contributed by atoms with Crippen molar-refractivity contribution < 1.29 is 9.32 Å². The van der Waals surface area contributed by atoms with Crippen molar-refractivity contribution in [3.8, 4) is 11.4 Å². The molecule has 1 unspecified atom stereocenters. The van der Waals surface area contributed by atoms with Crippen LogP contribution in [0.2, 0.25) is 0 Å². The Bertz CT molecular complexity index is 658. The number of carbonyl (C=O) groups is 1. The van der Waals surface area contributed by atoms with Gasteiger partial charge in [0.25, 0.3) is 0 Å². The second kappa shape index (κ2) is 8.33. The Morgan fingerprint density at radius 2 is 2.39 bits per heavy atom. The minimum Gasteiger partial charge on any atom is -0.339 e. The molecule has 6 nitrogen and oxygen atoms in total. The average Bonchev–Trinajstić information content (AvgIpc) is 2.95. The molecule has 2 aromatic rings. The van der Waals surface area contributed by atoms with Crippen molar-refractivity contribution >= 4 is 35.8 Å². The molecular weight excluding hydrogens is 336 g/mol. The van der Waals surface area contributed by atoms with E-state index in [9.17, 15) is 4.79 Å². The van der Waals surface area contributed by atoms with Crippen molar-refractivity contribution in [1.29, 1.82) is 0 Å². The van der Waals surface area contributed by atoms with Gasteiger partial charge in [0.15, 0.2) is 0 Å². The summed E-state index contributed by atoms with van der Waals surface area (Å²) in [5.41, 5.74) is 1.56. The maximum Gasteiger partial charge on any atom is 0.225 e. The first-order valence-electron chi connectivity index (χ1n) is 7.22. The van der Waals surface area contributed by atoms with Gasteiger partial charge in [-0.15, -0.1) is 12.4 Å². The van der Waals surface area contributed by atoms with E-state index in [1.54, 1.807) is 6.92 Å². The lowest BCUT2D eigenvalue weighted by atomic mass is 10.1. The molecule has 8 heteroatoms. The van der Waals surface area contributed by atoms with Crippen LogP contribution in [0.4, 0.5) is 5.69 Å². The minimum atomic E-state index is 0. The van der Waals surface area contributed by atoms with Crippen molar-refractivity contribution in [3.05, 3.63) is 30.2 Å². The second-order valence-corrected chi connectivity index (χ2v) is 6.35. The summed E-state index contributed by atoms with van der Waals surface area (Å²) in [4.78, 5) is 16.3.